The zero-order chi connectivity index (χ0) is 19.3. The van der Waals surface area contributed by atoms with E-state index >= 15 is 0 Å². The predicted molar refractivity (Wildman–Crippen MR) is 84.8 cm³/mol. The van der Waals surface area contributed by atoms with Crippen molar-refractivity contribution in [2.75, 3.05) is 0 Å². The molecule has 0 saturated carbocycles. The summed E-state index contributed by atoms with van der Waals surface area (Å²) < 4.78 is 71.3. The molecule has 0 aliphatic heterocycles. The van der Waals surface area contributed by atoms with E-state index in [1.165, 1.54) is 12.3 Å². The molecule has 4 aromatic rings. The third-order valence-electron chi connectivity index (χ3n) is 3.96. The maximum absolute atomic E-state index is 13.7. The molecule has 0 atom stereocenters. The molecule has 27 heavy (non-hydrogen) atoms. The van der Waals surface area contributed by atoms with Gasteiger partial charge in [-0.15, -0.1) is 0 Å². The van der Waals surface area contributed by atoms with Crippen molar-refractivity contribution in [2.45, 2.75) is 0 Å². The number of aromatic amines is 1. The Balaban J connectivity index is 1.77. The Morgan fingerprint density at radius 1 is 0.852 bits per heavy atom. The molecule has 0 saturated heterocycles. The zero-order valence-corrected chi connectivity index (χ0v) is 13.1. The monoisotopic (exact) mass is 378 g/mol. The number of ether oxygens (including phenoxy) is 1. The maximum Gasteiger partial charge on any atom is 0.362 e. The van der Waals surface area contributed by atoms with E-state index in [1.54, 1.807) is 24.3 Å². The van der Waals surface area contributed by atoms with Crippen LogP contribution in [0.5, 0.6) is 5.75 Å². The largest absolute Gasteiger partial charge is 0.415 e. The topological polar surface area (TPSA) is 55.0 Å². The first-order valence-electron chi connectivity index (χ1n) is 7.48. The van der Waals surface area contributed by atoms with E-state index in [4.69, 9.17) is 0 Å². The molecule has 0 bridgehead atoms. The van der Waals surface area contributed by atoms with Crippen LogP contribution in [0.25, 0.3) is 21.8 Å². The second-order valence-electron chi connectivity index (χ2n) is 5.57. The van der Waals surface area contributed by atoms with E-state index in [2.05, 4.69) is 14.7 Å². The maximum atomic E-state index is 13.7. The van der Waals surface area contributed by atoms with Gasteiger partial charge in [-0.25, -0.2) is 22.9 Å². The molecular formula is C18H7F5N2O2. The summed E-state index contributed by atoms with van der Waals surface area (Å²) in [5.74, 6) is -14.3. The Morgan fingerprint density at radius 2 is 1.48 bits per heavy atom. The van der Waals surface area contributed by atoms with Crippen molar-refractivity contribution in [1.82, 2.24) is 9.97 Å². The van der Waals surface area contributed by atoms with Crippen molar-refractivity contribution in [3.63, 3.8) is 0 Å². The second-order valence-corrected chi connectivity index (χ2v) is 5.57. The Morgan fingerprint density at radius 3 is 2.19 bits per heavy atom. The molecule has 0 aliphatic carbocycles. The van der Waals surface area contributed by atoms with Gasteiger partial charge in [-0.2, -0.15) is 8.78 Å². The van der Waals surface area contributed by atoms with Crippen LogP contribution in [0.1, 0.15) is 10.5 Å². The molecule has 0 radical (unpaired) electrons. The van der Waals surface area contributed by atoms with E-state index in [0.717, 1.165) is 10.9 Å². The number of hydrogen-bond acceptors (Lipinski definition) is 3. The second kappa shape index (κ2) is 6.04. The lowest BCUT2D eigenvalue weighted by atomic mass is 10.1. The number of carbonyl (C=O) groups excluding carboxylic acids is 1. The number of halogens is 5. The van der Waals surface area contributed by atoms with E-state index in [1.807, 2.05) is 0 Å². The summed E-state index contributed by atoms with van der Waals surface area (Å²) in [4.78, 5) is 19.0. The van der Waals surface area contributed by atoms with Crippen molar-refractivity contribution in [3.8, 4) is 5.75 Å². The zero-order valence-electron chi connectivity index (χ0n) is 13.1. The first-order chi connectivity index (χ1) is 12.9. The van der Waals surface area contributed by atoms with E-state index in [9.17, 15) is 26.7 Å². The molecule has 2 aromatic heterocycles. The van der Waals surface area contributed by atoms with Gasteiger partial charge in [0.05, 0.1) is 11.7 Å². The number of hydrogen-bond donors (Lipinski definition) is 1. The van der Waals surface area contributed by atoms with Crippen LogP contribution in [0.2, 0.25) is 0 Å². The molecule has 136 valence electrons. The summed E-state index contributed by atoms with van der Waals surface area (Å²) in [5, 5.41) is 1.32. The quantitative estimate of drug-likeness (QED) is 0.182. The number of H-pyrrole nitrogens is 1. The first kappa shape index (κ1) is 17.0. The lowest BCUT2D eigenvalue weighted by Crippen LogP contribution is -2.14. The molecule has 1 N–H and O–H groups in total. The van der Waals surface area contributed by atoms with Crippen LogP contribution in [0.15, 0.2) is 36.5 Å². The molecular weight excluding hydrogens is 371 g/mol. The number of fused-ring (bicyclic) bond motifs is 3. The third kappa shape index (κ3) is 2.59. The normalized spacial score (nSPS) is 11.3. The number of pyridine rings is 1. The van der Waals surface area contributed by atoms with Crippen molar-refractivity contribution < 1.29 is 31.5 Å². The van der Waals surface area contributed by atoms with Crippen LogP contribution >= 0.6 is 0 Å². The van der Waals surface area contributed by atoms with Gasteiger partial charge in [0.15, 0.2) is 0 Å². The minimum atomic E-state index is -2.34. The minimum Gasteiger partial charge on any atom is -0.415 e. The Kier molecular flexibility index (Phi) is 3.79. The summed E-state index contributed by atoms with van der Waals surface area (Å²) in [6, 6.07) is 8.42. The fourth-order valence-corrected chi connectivity index (χ4v) is 2.68. The fraction of sp³-hybridized carbons (Fsp3) is 0. The predicted octanol–water partition coefficient (Wildman–Crippen LogP) is 4.63. The smallest absolute Gasteiger partial charge is 0.362 e. The van der Waals surface area contributed by atoms with Crippen LogP contribution in [0.4, 0.5) is 22.0 Å². The fourth-order valence-electron chi connectivity index (χ4n) is 2.68. The third-order valence-corrected chi connectivity index (χ3v) is 3.96. The van der Waals surface area contributed by atoms with Gasteiger partial charge in [0.2, 0.25) is 34.8 Å². The molecule has 9 heteroatoms. The lowest BCUT2D eigenvalue weighted by Gasteiger charge is -2.08. The van der Waals surface area contributed by atoms with Gasteiger partial charge in [-0.1, -0.05) is 18.2 Å². The van der Waals surface area contributed by atoms with Gasteiger partial charge < -0.3 is 9.72 Å². The van der Waals surface area contributed by atoms with Gasteiger partial charge >= 0.3 is 5.97 Å². The number of para-hydroxylation sites is 1. The van der Waals surface area contributed by atoms with Crippen LogP contribution in [-0.4, -0.2) is 15.9 Å². The Bertz CT molecular complexity index is 1210. The highest BCUT2D eigenvalue weighted by molar-refractivity contribution is 6.08. The van der Waals surface area contributed by atoms with Gasteiger partial charge in [-0.3, -0.25) is 0 Å². The summed E-state index contributed by atoms with van der Waals surface area (Å²) in [6.07, 6.45) is 1.30. The molecule has 0 spiro atoms. The van der Waals surface area contributed by atoms with Gasteiger partial charge in [0, 0.05) is 16.3 Å². The van der Waals surface area contributed by atoms with E-state index < -0.39 is 40.8 Å². The molecule has 0 aliphatic rings. The van der Waals surface area contributed by atoms with Crippen LogP contribution < -0.4 is 4.74 Å². The van der Waals surface area contributed by atoms with Gasteiger partial charge in [-0.05, 0) is 12.1 Å². The highest BCUT2D eigenvalue weighted by Gasteiger charge is 2.29. The molecule has 0 unspecified atom stereocenters. The van der Waals surface area contributed by atoms with Crippen LogP contribution in [0, 0.1) is 29.1 Å². The number of esters is 1. The van der Waals surface area contributed by atoms with Crippen molar-refractivity contribution in [1.29, 1.82) is 0 Å². The summed E-state index contributed by atoms with van der Waals surface area (Å²) in [5.41, 5.74) is 0.986. The summed E-state index contributed by atoms with van der Waals surface area (Å²) in [6.45, 7) is 0. The highest BCUT2D eigenvalue weighted by Crippen LogP contribution is 2.30. The Labute approximate surface area is 147 Å². The lowest BCUT2D eigenvalue weighted by molar-refractivity contribution is 0.0710. The Hall–Kier alpha value is -3.49. The van der Waals surface area contributed by atoms with Crippen molar-refractivity contribution in [2.24, 2.45) is 0 Å². The molecule has 2 aromatic carbocycles. The summed E-state index contributed by atoms with van der Waals surface area (Å²) >= 11 is 0. The van der Waals surface area contributed by atoms with Gasteiger partial charge in [0.25, 0.3) is 0 Å². The summed E-state index contributed by atoms with van der Waals surface area (Å²) in [7, 11) is 0. The number of carbonyl (C=O) groups is 1. The van der Waals surface area contributed by atoms with Gasteiger partial charge in [0.1, 0.15) is 5.69 Å². The first-order valence-corrected chi connectivity index (χ1v) is 7.48. The number of aromatic nitrogens is 2. The van der Waals surface area contributed by atoms with Crippen molar-refractivity contribution in [3.05, 3.63) is 71.3 Å². The van der Waals surface area contributed by atoms with E-state index in [0.29, 0.717) is 10.9 Å². The number of nitrogens with zero attached hydrogens (tertiary/aromatic N) is 1. The van der Waals surface area contributed by atoms with E-state index in [-0.39, 0.29) is 5.69 Å². The highest BCUT2D eigenvalue weighted by atomic mass is 19.2. The average molecular weight is 378 g/mol. The van der Waals surface area contributed by atoms with Crippen LogP contribution in [-0.2, 0) is 0 Å². The number of rotatable bonds is 2. The number of benzene rings is 2. The molecule has 0 fully saturated rings. The molecule has 2 heterocycles. The number of nitrogens with one attached hydrogen (secondary N) is 1. The SMILES string of the molecule is O=C(Oc1c(F)c(F)c(F)c(F)c1F)c1cc2c(cn1)[nH]c1ccccc12. The molecule has 4 nitrogen and oxygen atoms in total. The standard InChI is InChI=1S/C18H7F5N2O2/c19-12-13(20)15(22)17(16(23)14(12)21)27-18(26)10-5-8-7-3-1-2-4-9(7)25-11(8)6-24-10/h1-6,25H. The minimum absolute atomic E-state index is 0.365. The molecule has 4 rings (SSSR count). The van der Waals surface area contributed by atoms with Crippen LogP contribution in [0.3, 0.4) is 0 Å². The average Bonchev–Trinajstić information content (AvgIpc) is 3.06. The molecule has 0 amide bonds. The van der Waals surface area contributed by atoms with Crippen molar-refractivity contribution >= 4 is 27.8 Å².